The molecule has 2 saturated heterocycles. The number of hydrogen-bond donors (Lipinski definition) is 2. The van der Waals surface area contributed by atoms with Crippen molar-refractivity contribution in [2.75, 3.05) is 13.2 Å². The predicted octanol–water partition coefficient (Wildman–Crippen LogP) is 10.5. The van der Waals surface area contributed by atoms with Crippen LogP contribution >= 0.6 is 34.8 Å². The van der Waals surface area contributed by atoms with Gasteiger partial charge in [0, 0.05) is 6.92 Å². The van der Waals surface area contributed by atoms with Crippen LogP contribution in [-0.2, 0) is 89.7 Å². The van der Waals surface area contributed by atoms with Crippen molar-refractivity contribution >= 4 is 61.1 Å². The minimum Gasteiger partial charge on any atom is -0.457 e. The molecule has 0 aliphatic carbocycles. The molecule has 0 spiro atoms. The van der Waals surface area contributed by atoms with Gasteiger partial charge in [0.1, 0.15) is 49.2 Å². The number of alkyl carbamates (subject to hydrolysis) is 1. The number of halogens is 3. The van der Waals surface area contributed by atoms with Gasteiger partial charge in [-0.05, 0) is 45.9 Å². The monoisotopic (exact) mass is 1130 g/mol. The van der Waals surface area contributed by atoms with Crippen LogP contribution in [0, 0.1) is 0 Å². The van der Waals surface area contributed by atoms with Gasteiger partial charge in [0.15, 0.2) is 27.0 Å². The van der Waals surface area contributed by atoms with E-state index in [-0.39, 0.29) is 51.3 Å². The minimum absolute atomic E-state index is 0.0252. The lowest BCUT2D eigenvalue weighted by atomic mass is 9.94. The van der Waals surface area contributed by atoms with Crippen molar-refractivity contribution in [3.05, 3.63) is 179 Å². The van der Waals surface area contributed by atoms with Gasteiger partial charge >= 0.3 is 12.1 Å². The van der Waals surface area contributed by atoms with Gasteiger partial charge in [-0.1, -0.05) is 207 Å². The molecule has 0 bridgehead atoms. The van der Waals surface area contributed by atoms with Gasteiger partial charge in [-0.2, -0.15) is 0 Å². The topological polar surface area (TPSA) is 168 Å². The second-order valence-corrected chi connectivity index (χ2v) is 27.4. The Balaban J connectivity index is 1.35. The zero-order valence-corrected chi connectivity index (χ0v) is 47.4. The average Bonchev–Trinajstić information content (AvgIpc) is 3.42. The Hall–Kier alpha value is -4.92. The molecule has 2 heterocycles. The molecule has 2 aliphatic heterocycles. The Labute approximate surface area is 467 Å². The first-order valence-corrected chi connectivity index (χ1v) is 29.6. The number of amides is 2. The summed E-state index contributed by atoms with van der Waals surface area (Å²) in [5, 5.41) is 5.55. The van der Waals surface area contributed by atoms with E-state index in [2.05, 4.69) is 44.5 Å². The SMILES string of the molecule is CC(=O)O[C@H]1[C@H](OCc2ccccc2)[C@@H](NC(=O)C(Cl)(Cl)Cl)[C@H](O[C@H]2[C@H](OCc3ccccc3)[C@@H](NC(=O)OCc3ccccc3)[C@H](O[Si](C)(C)C(C)(C)C)O[C@@H]2COCc2ccccc2)O[C@@H]1COCc1ccccc1. The van der Waals surface area contributed by atoms with E-state index in [1.165, 1.54) is 6.92 Å². The minimum atomic E-state index is -2.75. The highest BCUT2D eigenvalue weighted by molar-refractivity contribution is 6.76. The number of carbonyl (C=O) groups excluding carboxylic acids is 3. The summed E-state index contributed by atoms with van der Waals surface area (Å²) < 4.78 is 64.3. The molecular weight excluding hydrogens is 1070 g/mol. The van der Waals surface area contributed by atoms with Crippen LogP contribution in [0.3, 0.4) is 0 Å². The Kier molecular flexibility index (Phi) is 21.9. The van der Waals surface area contributed by atoms with Crippen LogP contribution in [0.1, 0.15) is 55.5 Å². The number of carbonyl (C=O) groups is 3. The molecule has 77 heavy (non-hydrogen) atoms. The standard InChI is InChI=1S/C58H69Cl3N2O13Si/c1-39(64)72-49-45(37-67-32-40-22-12-7-13-23-40)73-53(47(62-55(65)58(59,60)61)51(49)69-34-42-26-16-9-17-27-42)75-50-46(38-68-33-41-24-14-8-15-25-41)74-54(76-77(5,6)57(2,3)4)48(52(50)70-35-43-28-18-10-19-29-43)63-56(66)71-36-44-30-20-11-21-31-44/h7-31,45-54H,32-38H2,1-6H3,(H,62,65)(H,63,66)/t45-,46-,47-,48-,49-,50-,51-,52-,53+,54+/m1/s1. The summed E-state index contributed by atoms with van der Waals surface area (Å²) in [7, 11) is -2.75. The normalized spacial score (nSPS) is 23.9. The lowest BCUT2D eigenvalue weighted by Crippen LogP contribution is -2.71. The molecule has 5 aromatic carbocycles. The number of hydrogen-bond acceptors (Lipinski definition) is 13. The fourth-order valence-corrected chi connectivity index (χ4v) is 9.82. The number of ether oxygens (including phenoxy) is 9. The van der Waals surface area contributed by atoms with E-state index in [0.717, 1.165) is 27.8 Å². The zero-order valence-electron chi connectivity index (χ0n) is 44.1. The highest BCUT2D eigenvalue weighted by atomic mass is 35.6. The van der Waals surface area contributed by atoms with Gasteiger partial charge in [0.05, 0.1) is 39.6 Å². The largest absolute Gasteiger partial charge is 0.457 e. The van der Waals surface area contributed by atoms with Gasteiger partial charge in [-0.15, -0.1) is 0 Å². The molecule has 2 aliphatic rings. The first kappa shape index (κ1) is 59.7. The van der Waals surface area contributed by atoms with Crippen molar-refractivity contribution < 1.29 is 61.4 Å². The van der Waals surface area contributed by atoms with Crippen LogP contribution in [-0.4, -0.2) is 105 Å². The van der Waals surface area contributed by atoms with Gasteiger partial charge < -0.3 is 57.7 Å². The molecule has 414 valence electrons. The highest BCUT2D eigenvalue weighted by Gasteiger charge is 2.57. The first-order valence-electron chi connectivity index (χ1n) is 25.6. The van der Waals surface area contributed by atoms with Crippen LogP contribution in [0.15, 0.2) is 152 Å². The molecule has 0 aromatic heterocycles. The second kappa shape index (κ2) is 28.3. The summed E-state index contributed by atoms with van der Waals surface area (Å²) in [6.07, 6.45) is -10.5. The Bertz CT molecular complexity index is 2580. The Morgan fingerprint density at radius 3 is 1.35 bits per heavy atom. The summed E-state index contributed by atoms with van der Waals surface area (Å²) >= 11 is 18.9. The van der Waals surface area contributed by atoms with Crippen LogP contribution in [0.2, 0.25) is 18.1 Å². The zero-order chi connectivity index (χ0) is 55.0. The van der Waals surface area contributed by atoms with Crippen LogP contribution < -0.4 is 10.6 Å². The van der Waals surface area contributed by atoms with Crippen molar-refractivity contribution in [2.45, 2.75) is 144 Å². The van der Waals surface area contributed by atoms with Gasteiger partial charge in [-0.25, -0.2) is 4.79 Å². The van der Waals surface area contributed by atoms with Crippen molar-refractivity contribution in [1.82, 2.24) is 10.6 Å². The Morgan fingerprint density at radius 1 is 0.532 bits per heavy atom. The molecule has 2 amide bonds. The van der Waals surface area contributed by atoms with E-state index in [4.69, 9.17) is 81.9 Å². The van der Waals surface area contributed by atoms with Crippen molar-refractivity contribution in [3.8, 4) is 0 Å². The Morgan fingerprint density at radius 2 is 0.922 bits per heavy atom. The third kappa shape index (κ3) is 17.8. The fraction of sp³-hybridized carbons (Fsp3) is 0.431. The number of rotatable bonds is 23. The quantitative estimate of drug-likeness (QED) is 0.0361. The predicted molar refractivity (Wildman–Crippen MR) is 294 cm³/mol. The smallest absolute Gasteiger partial charge is 0.407 e. The summed E-state index contributed by atoms with van der Waals surface area (Å²) in [5.41, 5.74) is 4.09. The summed E-state index contributed by atoms with van der Waals surface area (Å²) in [6, 6.07) is 44.6. The van der Waals surface area contributed by atoms with E-state index in [1.807, 2.05) is 152 Å². The lowest BCUT2D eigenvalue weighted by Gasteiger charge is -2.51. The van der Waals surface area contributed by atoms with Gasteiger partial charge in [0.2, 0.25) is 0 Å². The van der Waals surface area contributed by atoms with E-state index >= 15 is 0 Å². The number of nitrogens with one attached hydrogen (secondary N) is 2. The van der Waals surface area contributed by atoms with E-state index < -0.39 is 91.4 Å². The third-order valence-electron chi connectivity index (χ3n) is 13.5. The summed E-state index contributed by atoms with van der Waals surface area (Å²) in [5.74, 6) is -1.72. The molecule has 2 fully saturated rings. The number of esters is 1. The van der Waals surface area contributed by atoms with Crippen molar-refractivity contribution in [1.29, 1.82) is 0 Å². The maximum Gasteiger partial charge on any atom is 0.407 e. The van der Waals surface area contributed by atoms with Crippen LogP contribution in [0.4, 0.5) is 4.79 Å². The van der Waals surface area contributed by atoms with Crippen molar-refractivity contribution in [3.63, 3.8) is 0 Å². The second-order valence-electron chi connectivity index (χ2n) is 20.4. The summed E-state index contributed by atoms with van der Waals surface area (Å²) in [6.45, 7) is 11.8. The molecule has 10 atom stereocenters. The van der Waals surface area contributed by atoms with Crippen LogP contribution in [0.5, 0.6) is 0 Å². The molecule has 0 radical (unpaired) electrons. The maximum atomic E-state index is 14.3. The van der Waals surface area contributed by atoms with E-state index in [0.29, 0.717) is 0 Å². The fourth-order valence-electron chi connectivity index (χ4n) is 8.52. The maximum absolute atomic E-state index is 14.3. The number of benzene rings is 5. The molecule has 2 N–H and O–H groups in total. The van der Waals surface area contributed by atoms with Crippen molar-refractivity contribution in [2.24, 2.45) is 0 Å². The number of alkyl halides is 3. The lowest BCUT2D eigenvalue weighted by molar-refractivity contribution is -0.336. The molecule has 7 rings (SSSR count). The van der Waals surface area contributed by atoms with Gasteiger partial charge in [0.25, 0.3) is 9.70 Å². The van der Waals surface area contributed by atoms with Gasteiger partial charge in [-0.3, -0.25) is 9.59 Å². The van der Waals surface area contributed by atoms with E-state index in [1.54, 1.807) is 0 Å². The molecule has 0 saturated carbocycles. The highest BCUT2D eigenvalue weighted by Crippen LogP contribution is 2.41. The van der Waals surface area contributed by atoms with E-state index in [9.17, 15) is 14.4 Å². The average molecular weight is 1140 g/mol. The summed E-state index contributed by atoms with van der Waals surface area (Å²) in [4.78, 5) is 41.4. The molecular formula is C58H69Cl3N2O13Si. The van der Waals surface area contributed by atoms with Crippen LogP contribution in [0.25, 0.3) is 0 Å². The molecule has 15 nitrogen and oxygen atoms in total. The molecule has 19 heteroatoms. The first-order chi connectivity index (χ1) is 36.8. The molecule has 0 unspecified atom stereocenters. The molecule has 5 aromatic rings. The third-order valence-corrected chi connectivity index (χ3v) is 18.5.